The number of ether oxygens (including phenoxy) is 1. The van der Waals surface area contributed by atoms with Gasteiger partial charge in [0.2, 0.25) is 0 Å². The fourth-order valence-electron chi connectivity index (χ4n) is 7.04. The Bertz CT molecular complexity index is 536. The Hall–Kier alpha value is -0.790. The highest BCUT2D eigenvalue weighted by Gasteiger charge is 2.59. The minimum Gasteiger partial charge on any atom is -0.462 e. The summed E-state index contributed by atoms with van der Waals surface area (Å²) in [6, 6.07) is 0. The molecule has 3 fully saturated rings. The van der Waals surface area contributed by atoms with Crippen LogP contribution in [-0.4, -0.2) is 12.1 Å². The molecule has 0 aromatic carbocycles. The molecule has 0 amide bonds. The second-order valence-electron chi connectivity index (χ2n) is 9.19. The summed E-state index contributed by atoms with van der Waals surface area (Å²) in [6.45, 7) is 6.55. The molecule has 0 N–H and O–H groups in total. The number of hydrogen-bond acceptors (Lipinski definition) is 2. The highest BCUT2D eigenvalue weighted by molar-refractivity contribution is 5.66. The third kappa shape index (κ3) is 2.23. The van der Waals surface area contributed by atoms with Crippen LogP contribution in [0.2, 0.25) is 0 Å². The van der Waals surface area contributed by atoms with Crippen molar-refractivity contribution in [1.82, 2.24) is 0 Å². The molecule has 0 bridgehead atoms. The zero-order valence-electron chi connectivity index (χ0n) is 15.1. The maximum atomic E-state index is 11.5. The lowest BCUT2D eigenvalue weighted by atomic mass is 9.48. The van der Waals surface area contributed by atoms with E-state index < -0.39 is 0 Å². The number of hydrogen-bond donors (Lipinski definition) is 0. The molecule has 4 aliphatic rings. The zero-order valence-corrected chi connectivity index (χ0v) is 15.1. The number of esters is 1. The van der Waals surface area contributed by atoms with Crippen molar-refractivity contribution in [3.05, 3.63) is 11.6 Å². The van der Waals surface area contributed by atoms with E-state index in [9.17, 15) is 4.79 Å². The molecule has 4 aliphatic carbocycles. The van der Waals surface area contributed by atoms with E-state index in [1.807, 2.05) is 0 Å². The van der Waals surface area contributed by atoms with Crippen LogP contribution in [0.4, 0.5) is 0 Å². The second kappa shape index (κ2) is 5.36. The van der Waals surface area contributed by atoms with Gasteiger partial charge in [0.25, 0.3) is 0 Å². The van der Waals surface area contributed by atoms with Gasteiger partial charge in [0.1, 0.15) is 6.10 Å². The quantitative estimate of drug-likeness (QED) is 0.486. The van der Waals surface area contributed by atoms with Crippen molar-refractivity contribution in [2.24, 2.45) is 28.6 Å². The first-order valence-electron chi connectivity index (χ1n) is 9.82. The van der Waals surface area contributed by atoms with Crippen LogP contribution in [-0.2, 0) is 9.53 Å². The van der Waals surface area contributed by atoms with Crippen molar-refractivity contribution < 1.29 is 9.53 Å². The Balaban J connectivity index is 1.62. The van der Waals surface area contributed by atoms with Crippen molar-refractivity contribution in [3.8, 4) is 0 Å². The Labute approximate surface area is 141 Å². The summed E-state index contributed by atoms with van der Waals surface area (Å²) in [5, 5.41) is 0. The Kier molecular flexibility index (Phi) is 3.66. The first-order chi connectivity index (χ1) is 10.9. The lowest BCUT2D eigenvalue weighted by Gasteiger charge is -2.57. The maximum absolute atomic E-state index is 11.5. The summed E-state index contributed by atoms with van der Waals surface area (Å²) < 4.78 is 5.74. The Morgan fingerprint density at radius 2 is 1.96 bits per heavy atom. The monoisotopic (exact) mass is 316 g/mol. The summed E-state index contributed by atoms with van der Waals surface area (Å²) in [5.41, 5.74) is 2.48. The molecule has 0 aromatic rings. The number of fused-ring (bicyclic) bond motifs is 5. The van der Waals surface area contributed by atoms with E-state index in [0.717, 1.165) is 24.2 Å². The highest BCUT2D eigenvalue weighted by Crippen LogP contribution is 2.65. The molecular weight excluding hydrogens is 284 g/mol. The molecule has 2 heteroatoms. The molecule has 0 aliphatic heterocycles. The fraction of sp³-hybridized carbons (Fsp3) is 0.857. The van der Waals surface area contributed by atoms with Gasteiger partial charge in [0.15, 0.2) is 0 Å². The zero-order chi connectivity index (χ0) is 16.2. The first-order valence-corrected chi connectivity index (χ1v) is 9.82. The van der Waals surface area contributed by atoms with E-state index in [1.165, 1.54) is 51.4 Å². The van der Waals surface area contributed by atoms with Gasteiger partial charge in [-0.25, -0.2) is 0 Å². The van der Waals surface area contributed by atoms with E-state index in [0.29, 0.717) is 5.41 Å². The average molecular weight is 316 g/mol. The largest absolute Gasteiger partial charge is 0.462 e. The van der Waals surface area contributed by atoms with Crippen molar-refractivity contribution in [2.45, 2.75) is 84.7 Å². The second-order valence-corrected chi connectivity index (χ2v) is 9.19. The normalized spacial score (nSPS) is 48.7. The van der Waals surface area contributed by atoms with Gasteiger partial charge in [-0.15, -0.1) is 0 Å². The van der Waals surface area contributed by atoms with Gasteiger partial charge in [-0.05, 0) is 74.5 Å². The van der Waals surface area contributed by atoms with Gasteiger partial charge in [0.05, 0.1) is 0 Å². The SMILES string of the molecule is CC(=O)O[C@H]1CC[C@H]2[C@@H]3CC=C4CCCC[C@]4(C)[C@H]3CC[C@]12C. The van der Waals surface area contributed by atoms with E-state index in [4.69, 9.17) is 4.74 Å². The third-order valence-electron chi connectivity index (χ3n) is 8.24. The van der Waals surface area contributed by atoms with Crippen LogP contribution in [0.3, 0.4) is 0 Å². The molecule has 0 spiro atoms. The van der Waals surface area contributed by atoms with Crippen LogP contribution in [0.5, 0.6) is 0 Å². The molecule has 23 heavy (non-hydrogen) atoms. The van der Waals surface area contributed by atoms with Gasteiger partial charge in [-0.1, -0.05) is 31.9 Å². The van der Waals surface area contributed by atoms with Gasteiger partial charge in [-0.3, -0.25) is 4.79 Å². The highest BCUT2D eigenvalue weighted by atomic mass is 16.5. The van der Waals surface area contributed by atoms with Crippen molar-refractivity contribution in [3.63, 3.8) is 0 Å². The Morgan fingerprint density at radius 3 is 2.74 bits per heavy atom. The minimum absolute atomic E-state index is 0.0935. The van der Waals surface area contributed by atoms with Crippen LogP contribution in [0, 0.1) is 28.6 Å². The molecule has 2 nitrogen and oxygen atoms in total. The number of allylic oxidation sites excluding steroid dienone is 2. The molecule has 6 atom stereocenters. The van der Waals surface area contributed by atoms with Crippen LogP contribution in [0.15, 0.2) is 11.6 Å². The predicted octanol–water partition coefficient (Wildman–Crippen LogP) is 5.27. The van der Waals surface area contributed by atoms with E-state index in [-0.39, 0.29) is 17.5 Å². The lowest BCUT2D eigenvalue weighted by molar-refractivity contribution is -0.156. The van der Waals surface area contributed by atoms with Crippen LogP contribution in [0.1, 0.15) is 78.6 Å². The standard InChI is InChI=1S/C21H32O2/c1-14(22)23-19-10-9-17-16-8-7-15-6-4-5-12-20(15,2)18(16)11-13-21(17,19)3/h7,16-19H,4-6,8-13H2,1-3H3/t16-,17-,18-,19-,20-,21-/m0/s1. The number of rotatable bonds is 1. The van der Waals surface area contributed by atoms with Gasteiger partial charge in [-0.2, -0.15) is 0 Å². The van der Waals surface area contributed by atoms with Crippen LogP contribution in [0.25, 0.3) is 0 Å². The summed E-state index contributed by atoms with van der Waals surface area (Å²) in [7, 11) is 0. The number of carbonyl (C=O) groups excluding carboxylic acids is 1. The Morgan fingerprint density at radius 1 is 1.13 bits per heavy atom. The van der Waals surface area contributed by atoms with E-state index in [2.05, 4.69) is 19.9 Å². The summed E-state index contributed by atoms with van der Waals surface area (Å²) in [6.07, 6.45) is 14.5. The summed E-state index contributed by atoms with van der Waals surface area (Å²) in [4.78, 5) is 11.5. The molecule has 0 heterocycles. The predicted molar refractivity (Wildman–Crippen MR) is 91.9 cm³/mol. The molecule has 0 radical (unpaired) electrons. The van der Waals surface area contributed by atoms with Crippen LogP contribution < -0.4 is 0 Å². The van der Waals surface area contributed by atoms with Crippen LogP contribution >= 0.6 is 0 Å². The molecular formula is C21H32O2. The van der Waals surface area contributed by atoms with Crippen molar-refractivity contribution >= 4 is 5.97 Å². The maximum Gasteiger partial charge on any atom is 0.302 e. The number of carbonyl (C=O) groups is 1. The summed E-state index contributed by atoms with van der Waals surface area (Å²) in [5.74, 6) is 2.35. The molecule has 0 unspecified atom stereocenters. The molecule has 128 valence electrons. The molecule has 3 saturated carbocycles. The minimum atomic E-state index is -0.0935. The van der Waals surface area contributed by atoms with Gasteiger partial charge >= 0.3 is 5.97 Å². The van der Waals surface area contributed by atoms with E-state index >= 15 is 0 Å². The average Bonchev–Trinajstić information content (AvgIpc) is 2.83. The van der Waals surface area contributed by atoms with E-state index in [1.54, 1.807) is 12.5 Å². The van der Waals surface area contributed by atoms with Gasteiger partial charge in [0, 0.05) is 12.3 Å². The molecule has 4 rings (SSSR count). The fourth-order valence-corrected chi connectivity index (χ4v) is 7.04. The molecule has 0 saturated heterocycles. The lowest BCUT2D eigenvalue weighted by Crippen LogP contribution is -2.50. The van der Waals surface area contributed by atoms with Crippen molar-refractivity contribution in [2.75, 3.05) is 0 Å². The van der Waals surface area contributed by atoms with Gasteiger partial charge < -0.3 is 4.74 Å². The topological polar surface area (TPSA) is 26.3 Å². The molecule has 0 aromatic heterocycles. The third-order valence-corrected chi connectivity index (χ3v) is 8.24. The first kappa shape index (κ1) is 15.7. The summed E-state index contributed by atoms with van der Waals surface area (Å²) >= 11 is 0. The van der Waals surface area contributed by atoms with Crippen molar-refractivity contribution in [1.29, 1.82) is 0 Å². The smallest absolute Gasteiger partial charge is 0.302 e.